The molecule has 0 saturated heterocycles. The molecule has 0 spiro atoms. The van der Waals surface area contributed by atoms with Crippen LogP contribution in [0.5, 0.6) is 0 Å². The van der Waals surface area contributed by atoms with Gasteiger partial charge in [-0.2, -0.15) is 0 Å². The molecular formula is C23H25N3O2. The van der Waals surface area contributed by atoms with Gasteiger partial charge in [0.05, 0.1) is 6.04 Å². The third-order valence-corrected chi connectivity index (χ3v) is 5.07. The standard InChI is InChI=1S/C23H25N3O2/c1-23(2,3)25-20(27)12-13-26-21(16-9-4-5-10-17(16)22(26)28)18-14-24-19-11-7-6-8-15(18)19/h4-11,14,21,24H,12-13H2,1-3H3,(H,25,27)/t21-/m0/s1. The molecule has 0 aliphatic carbocycles. The van der Waals surface area contributed by atoms with E-state index in [1.165, 1.54) is 0 Å². The van der Waals surface area contributed by atoms with Gasteiger partial charge in [-0.1, -0.05) is 36.4 Å². The summed E-state index contributed by atoms with van der Waals surface area (Å²) in [5.41, 5.74) is 3.53. The molecule has 2 amide bonds. The van der Waals surface area contributed by atoms with Crippen LogP contribution in [0, 0.1) is 0 Å². The highest BCUT2D eigenvalue weighted by molar-refractivity contribution is 6.01. The minimum absolute atomic E-state index is 0.0190. The predicted octanol–water partition coefficient (Wildman–Crippen LogP) is 4.02. The second-order valence-corrected chi connectivity index (χ2v) is 8.33. The van der Waals surface area contributed by atoms with Crippen LogP contribution in [0.25, 0.3) is 10.9 Å². The van der Waals surface area contributed by atoms with E-state index in [1.54, 1.807) is 0 Å². The number of para-hydroxylation sites is 1. The van der Waals surface area contributed by atoms with Gasteiger partial charge in [-0.3, -0.25) is 9.59 Å². The van der Waals surface area contributed by atoms with Crippen molar-refractivity contribution in [1.82, 2.24) is 15.2 Å². The van der Waals surface area contributed by atoms with E-state index in [-0.39, 0.29) is 29.8 Å². The molecule has 0 bridgehead atoms. The van der Waals surface area contributed by atoms with Crippen LogP contribution in [0.1, 0.15) is 54.7 Å². The van der Waals surface area contributed by atoms with Crippen molar-refractivity contribution >= 4 is 22.7 Å². The molecule has 0 unspecified atom stereocenters. The molecule has 1 aliphatic rings. The van der Waals surface area contributed by atoms with E-state index in [0.29, 0.717) is 12.1 Å². The van der Waals surface area contributed by atoms with E-state index >= 15 is 0 Å². The Labute approximate surface area is 164 Å². The summed E-state index contributed by atoms with van der Waals surface area (Å²) >= 11 is 0. The second-order valence-electron chi connectivity index (χ2n) is 8.33. The first kappa shape index (κ1) is 18.3. The van der Waals surface area contributed by atoms with Crippen molar-refractivity contribution < 1.29 is 9.59 Å². The molecule has 0 radical (unpaired) electrons. The third-order valence-electron chi connectivity index (χ3n) is 5.07. The average Bonchev–Trinajstić information content (AvgIpc) is 3.18. The first-order chi connectivity index (χ1) is 13.3. The molecule has 2 aromatic carbocycles. The Balaban J connectivity index is 1.69. The molecule has 2 heterocycles. The molecular weight excluding hydrogens is 350 g/mol. The normalized spacial score (nSPS) is 16.5. The van der Waals surface area contributed by atoms with Crippen molar-refractivity contribution in [2.24, 2.45) is 0 Å². The zero-order chi connectivity index (χ0) is 19.9. The smallest absolute Gasteiger partial charge is 0.255 e. The minimum atomic E-state index is -0.286. The first-order valence-electron chi connectivity index (χ1n) is 9.62. The van der Waals surface area contributed by atoms with Crippen LogP contribution in [-0.2, 0) is 4.79 Å². The summed E-state index contributed by atoms with van der Waals surface area (Å²) in [4.78, 5) is 30.6. The average molecular weight is 375 g/mol. The van der Waals surface area contributed by atoms with E-state index < -0.39 is 0 Å². The van der Waals surface area contributed by atoms with Gasteiger partial charge < -0.3 is 15.2 Å². The number of rotatable bonds is 4. The Morgan fingerprint density at radius 1 is 1.07 bits per heavy atom. The number of hydrogen-bond donors (Lipinski definition) is 2. The number of amides is 2. The summed E-state index contributed by atoms with van der Waals surface area (Å²) in [6.45, 7) is 6.24. The number of nitrogens with zero attached hydrogens (tertiary/aromatic N) is 1. The van der Waals surface area contributed by atoms with E-state index in [1.807, 2.05) is 74.3 Å². The molecule has 1 atom stereocenters. The monoisotopic (exact) mass is 375 g/mol. The quantitative estimate of drug-likeness (QED) is 0.723. The van der Waals surface area contributed by atoms with Crippen molar-refractivity contribution in [1.29, 1.82) is 0 Å². The lowest BCUT2D eigenvalue weighted by Gasteiger charge is -2.26. The van der Waals surface area contributed by atoms with Crippen LogP contribution in [0.2, 0.25) is 0 Å². The highest BCUT2D eigenvalue weighted by Gasteiger charge is 2.38. The Morgan fingerprint density at radius 3 is 2.57 bits per heavy atom. The van der Waals surface area contributed by atoms with E-state index in [4.69, 9.17) is 0 Å². The van der Waals surface area contributed by atoms with Crippen molar-refractivity contribution in [3.63, 3.8) is 0 Å². The predicted molar refractivity (Wildman–Crippen MR) is 110 cm³/mol. The summed E-state index contributed by atoms with van der Waals surface area (Å²) in [7, 11) is 0. The number of fused-ring (bicyclic) bond motifs is 2. The van der Waals surface area contributed by atoms with Crippen molar-refractivity contribution in [3.05, 3.63) is 71.4 Å². The number of benzene rings is 2. The number of aromatic nitrogens is 1. The number of aromatic amines is 1. The molecule has 4 rings (SSSR count). The van der Waals surface area contributed by atoms with E-state index in [2.05, 4.69) is 16.4 Å². The fraction of sp³-hybridized carbons (Fsp3) is 0.304. The lowest BCUT2D eigenvalue weighted by molar-refractivity contribution is -0.122. The molecule has 144 valence electrons. The zero-order valence-corrected chi connectivity index (χ0v) is 16.5. The Hall–Kier alpha value is -3.08. The van der Waals surface area contributed by atoms with Gasteiger partial charge in [0.25, 0.3) is 5.91 Å². The van der Waals surface area contributed by atoms with Crippen molar-refractivity contribution in [3.8, 4) is 0 Å². The summed E-state index contributed by atoms with van der Waals surface area (Å²) in [5, 5.41) is 4.07. The van der Waals surface area contributed by atoms with Gasteiger partial charge in [0.15, 0.2) is 0 Å². The maximum atomic E-state index is 13.1. The summed E-state index contributed by atoms with van der Waals surface area (Å²) in [6, 6.07) is 15.6. The van der Waals surface area contributed by atoms with Crippen LogP contribution < -0.4 is 5.32 Å². The molecule has 5 nitrogen and oxygen atoms in total. The molecule has 2 N–H and O–H groups in total. The highest BCUT2D eigenvalue weighted by Crippen LogP contribution is 2.41. The number of hydrogen-bond acceptors (Lipinski definition) is 2. The number of carbonyl (C=O) groups is 2. The number of carbonyl (C=O) groups excluding carboxylic acids is 2. The molecule has 0 fully saturated rings. The summed E-state index contributed by atoms with van der Waals surface area (Å²) < 4.78 is 0. The molecule has 1 aromatic heterocycles. The topological polar surface area (TPSA) is 65.2 Å². The molecule has 1 aliphatic heterocycles. The van der Waals surface area contributed by atoms with E-state index in [9.17, 15) is 9.59 Å². The van der Waals surface area contributed by atoms with Crippen LogP contribution in [0.3, 0.4) is 0 Å². The Kier molecular flexibility index (Phi) is 4.46. The van der Waals surface area contributed by atoms with Crippen molar-refractivity contribution in [2.45, 2.75) is 38.8 Å². The maximum Gasteiger partial charge on any atom is 0.255 e. The van der Waals surface area contributed by atoms with Crippen LogP contribution in [0.15, 0.2) is 54.7 Å². The number of nitrogens with one attached hydrogen (secondary N) is 2. The van der Waals surface area contributed by atoms with Gasteiger partial charge in [0, 0.05) is 46.7 Å². The van der Waals surface area contributed by atoms with Crippen LogP contribution in [-0.4, -0.2) is 33.8 Å². The SMILES string of the molecule is CC(C)(C)NC(=O)CCN1C(=O)c2ccccc2[C@H]1c1c[nH]c2ccccc12. The third kappa shape index (κ3) is 3.28. The Bertz CT molecular complexity index is 1050. The minimum Gasteiger partial charge on any atom is -0.361 e. The molecule has 0 saturated carbocycles. The molecule has 5 heteroatoms. The molecule has 28 heavy (non-hydrogen) atoms. The number of H-pyrrole nitrogens is 1. The van der Waals surface area contributed by atoms with Crippen LogP contribution in [0.4, 0.5) is 0 Å². The second kappa shape index (κ2) is 6.82. The van der Waals surface area contributed by atoms with Crippen molar-refractivity contribution in [2.75, 3.05) is 6.54 Å². The van der Waals surface area contributed by atoms with Gasteiger partial charge in [0.2, 0.25) is 5.91 Å². The largest absolute Gasteiger partial charge is 0.361 e. The summed E-state index contributed by atoms with van der Waals surface area (Å²) in [6.07, 6.45) is 2.25. The zero-order valence-electron chi connectivity index (χ0n) is 16.5. The fourth-order valence-electron chi connectivity index (χ4n) is 3.96. The van der Waals surface area contributed by atoms with Gasteiger partial charge in [0.1, 0.15) is 0 Å². The Morgan fingerprint density at radius 2 is 1.79 bits per heavy atom. The highest BCUT2D eigenvalue weighted by atomic mass is 16.2. The maximum absolute atomic E-state index is 13.1. The van der Waals surface area contributed by atoms with Crippen LogP contribution >= 0.6 is 0 Å². The first-order valence-corrected chi connectivity index (χ1v) is 9.62. The lowest BCUT2D eigenvalue weighted by atomic mass is 9.97. The summed E-state index contributed by atoms with van der Waals surface area (Å²) in [5.74, 6) is -0.0663. The molecule has 3 aromatic rings. The lowest BCUT2D eigenvalue weighted by Crippen LogP contribution is -2.42. The van der Waals surface area contributed by atoms with Gasteiger partial charge >= 0.3 is 0 Å². The van der Waals surface area contributed by atoms with Gasteiger partial charge in [-0.05, 0) is 38.5 Å². The fourth-order valence-corrected chi connectivity index (χ4v) is 3.96. The van der Waals surface area contributed by atoms with E-state index in [0.717, 1.165) is 22.0 Å². The van der Waals surface area contributed by atoms with Gasteiger partial charge in [-0.25, -0.2) is 0 Å². The van der Waals surface area contributed by atoms with Gasteiger partial charge in [-0.15, -0.1) is 0 Å².